The number of hydrogen-bond acceptors (Lipinski definition) is 3. The second-order valence-corrected chi connectivity index (χ2v) is 3.10. The van der Waals surface area contributed by atoms with E-state index in [1.54, 1.807) is 0 Å². The van der Waals surface area contributed by atoms with Crippen LogP contribution in [0.2, 0.25) is 0 Å². The molecule has 0 amide bonds. The van der Waals surface area contributed by atoms with Gasteiger partial charge in [0.05, 0.1) is 12.4 Å². The molecule has 0 aromatic carbocycles. The zero-order valence-corrected chi connectivity index (χ0v) is 6.51. The zero-order valence-electron chi connectivity index (χ0n) is 5.69. The van der Waals surface area contributed by atoms with Gasteiger partial charge in [-0.3, -0.25) is 4.40 Å². The lowest BCUT2D eigenvalue weighted by molar-refractivity contribution is 0.0689. The molecule has 0 radical (unpaired) electrons. The van der Waals surface area contributed by atoms with Crippen molar-refractivity contribution in [1.29, 1.82) is 0 Å². The number of aromatic carboxylic acids is 1. The molecule has 62 valence electrons. The van der Waals surface area contributed by atoms with Crippen LogP contribution < -0.4 is 0 Å². The van der Waals surface area contributed by atoms with Gasteiger partial charge >= 0.3 is 5.97 Å². The van der Waals surface area contributed by atoms with E-state index in [1.807, 2.05) is 0 Å². The predicted molar refractivity (Wildman–Crippen MR) is 40.0 cm³/mol. The van der Waals surface area contributed by atoms with Crippen LogP contribution in [0.3, 0.4) is 0 Å². The van der Waals surface area contributed by atoms with Gasteiger partial charge in [0.1, 0.15) is 0 Å². The number of imidazole rings is 1. The van der Waals surface area contributed by atoms with E-state index in [1.165, 1.54) is 10.6 Å². The van der Waals surface area contributed by atoms with Gasteiger partial charge in [0, 0.05) is 0 Å². The van der Waals surface area contributed by atoms with Crippen LogP contribution in [0.25, 0.3) is 4.96 Å². The molecule has 2 aromatic heterocycles. The molecule has 0 unspecified atom stereocenters. The minimum absolute atomic E-state index is 0.0230. The molecule has 0 saturated heterocycles. The van der Waals surface area contributed by atoms with E-state index in [0.29, 0.717) is 4.96 Å². The van der Waals surface area contributed by atoms with Gasteiger partial charge < -0.3 is 5.11 Å². The number of carbonyl (C=O) groups is 1. The predicted octanol–water partition coefficient (Wildman–Crippen LogP) is 1.23. The molecule has 0 fully saturated rings. The fraction of sp³-hybridized carbons (Fsp3) is 0. The Morgan fingerprint density at radius 3 is 3.17 bits per heavy atom. The molecule has 4 nitrogen and oxygen atoms in total. The largest absolute Gasteiger partial charge is 0.477 e. The second kappa shape index (κ2) is 2.28. The lowest BCUT2D eigenvalue weighted by Crippen LogP contribution is -1.99. The SMILES string of the molecule is O=C(O)c1cnc2sc(F)cn12. The van der Waals surface area contributed by atoms with E-state index < -0.39 is 11.1 Å². The molecule has 0 spiro atoms. The second-order valence-electron chi connectivity index (χ2n) is 2.14. The zero-order chi connectivity index (χ0) is 8.72. The van der Waals surface area contributed by atoms with Gasteiger partial charge in [-0.25, -0.2) is 9.78 Å². The van der Waals surface area contributed by atoms with E-state index in [9.17, 15) is 9.18 Å². The quantitative estimate of drug-likeness (QED) is 0.728. The topological polar surface area (TPSA) is 54.6 Å². The number of nitrogens with zero attached hydrogens (tertiary/aromatic N) is 2. The monoisotopic (exact) mass is 186 g/mol. The fourth-order valence-corrected chi connectivity index (χ4v) is 1.60. The summed E-state index contributed by atoms with van der Waals surface area (Å²) in [6.07, 6.45) is 2.31. The number of carboxylic acid groups (broad SMARTS) is 1. The van der Waals surface area contributed by atoms with Gasteiger partial charge in [0.15, 0.2) is 15.8 Å². The first-order chi connectivity index (χ1) is 5.68. The highest BCUT2D eigenvalue weighted by Gasteiger charge is 2.12. The lowest BCUT2D eigenvalue weighted by atomic mass is 10.5. The van der Waals surface area contributed by atoms with Crippen molar-refractivity contribution >= 4 is 22.3 Å². The maximum atomic E-state index is 12.6. The standard InChI is InChI=1S/C6H3FN2O2S/c7-4-2-9-3(5(10)11)1-8-6(9)12-4/h1-2H,(H,10,11). The first-order valence-electron chi connectivity index (χ1n) is 3.04. The number of rotatable bonds is 1. The average molecular weight is 186 g/mol. The fourth-order valence-electron chi connectivity index (χ4n) is 0.917. The van der Waals surface area contributed by atoms with Gasteiger partial charge in [-0.2, -0.15) is 4.39 Å². The smallest absolute Gasteiger partial charge is 0.354 e. The highest BCUT2D eigenvalue weighted by Crippen LogP contribution is 2.16. The summed E-state index contributed by atoms with van der Waals surface area (Å²) in [4.78, 5) is 14.6. The van der Waals surface area contributed by atoms with Gasteiger partial charge in [-0.1, -0.05) is 11.3 Å². The first-order valence-corrected chi connectivity index (χ1v) is 3.86. The average Bonchev–Trinajstić information content (AvgIpc) is 2.43. The van der Waals surface area contributed by atoms with Crippen LogP contribution in [0.5, 0.6) is 0 Å². The Morgan fingerprint density at radius 1 is 1.75 bits per heavy atom. The number of halogens is 1. The molecule has 0 aliphatic carbocycles. The third-order valence-corrected chi connectivity index (χ3v) is 2.19. The van der Waals surface area contributed by atoms with Crippen LogP contribution >= 0.6 is 11.3 Å². The number of hydrogen-bond donors (Lipinski definition) is 1. The molecule has 0 aliphatic rings. The summed E-state index contributed by atoms with van der Waals surface area (Å²) in [6, 6.07) is 0. The van der Waals surface area contributed by atoms with Crippen molar-refractivity contribution in [3.8, 4) is 0 Å². The Labute approximate surface area is 69.9 Å². The van der Waals surface area contributed by atoms with Crippen molar-refractivity contribution in [3.05, 3.63) is 23.2 Å². The molecule has 2 heterocycles. The molecule has 0 atom stereocenters. The number of aromatic nitrogens is 2. The van der Waals surface area contributed by atoms with Crippen LogP contribution in [0.15, 0.2) is 12.4 Å². The van der Waals surface area contributed by atoms with Crippen LogP contribution in [0.4, 0.5) is 4.39 Å². The van der Waals surface area contributed by atoms with Crippen molar-refractivity contribution in [2.24, 2.45) is 0 Å². The summed E-state index contributed by atoms with van der Waals surface area (Å²) in [6.45, 7) is 0. The summed E-state index contributed by atoms with van der Waals surface area (Å²) in [5, 5.41) is 8.16. The first kappa shape index (κ1) is 7.23. The van der Waals surface area contributed by atoms with Crippen molar-refractivity contribution in [3.63, 3.8) is 0 Å². The minimum atomic E-state index is -1.11. The molecular weight excluding hydrogens is 183 g/mol. The molecule has 6 heteroatoms. The van der Waals surface area contributed by atoms with Gasteiger partial charge in [-0.15, -0.1) is 0 Å². The summed E-state index contributed by atoms with van der Waals surface area (Å²) in [7, 11) is 0. The van der Waals surface area contributed by atoms with Crippen molar-refractivity contribution in [2.45, 2.75) is 0 Å². The molecular formula is C6H3FN2O2S. The number of thiazole rings is 1. The van der Waals surface area contributed by atoms with E-state index in [-0.39, 0.29) is 5.69 Å². The maximum Gasteiger partial charge on any atom is 0.354 e. The Balaban J connectivity index is 2.76. The number of fused-ring (bicyclic) bond motifs is 1. The molecule has 0 saturated carbocycles. The van der Waals surface area contributed by atoms with E-state index >= 15 is 0 Å². The van der Waals surface area contributed by atoms with Gasteiger partial charge in [-0.05, 0) is 0 Å². The molecule has 12 heavy (non-hydrogen) atoms. The summed E-state index contributed by atoms with van der Waals surface area (Å²) >= 11 is 0.812. The Morgan fingerprint density at radius 2 is 2.50 bits per heavy atom. The Kier molecular flexibility index (Phi) is 1.37. The van der Waals surface area contributed by atoms with Crippen LogP contribution in [0, 0.1) is 5.13 Å². The number of carboxylic acids is 1. The maximum absolute atomic E-state index is 12.6. The Hall–Kier alpha value is -1.43. The van der Waals surface area contributed by atoms with Crippen LogP contribution in [0.1, 0.15) is 10.5 Å². The molecule has 2 rings (SSSR count). The molecule has 0 aliphatic heterocycles. The third-order valence-electron chi connectivity index (χ3n) is 1.40. The lowest BCUT2D eigenvalue weighted by Gasteiger charge is -1.86. The van der Waals surface area contributed by atoms with Gasteiger partial charge in [0.25, 0.3) is 0 Å². The van der Waals surface area contributed by atoms with Crippen molar-refractivity contribution < 1.29 is 14.3 Å². The highest BCUT2D eigenvalue weighted by atomic mass is 32.1. The highest BCUT2D eigenvalue weighted by molar-refractivity contribution is 7.15. The van der Waals surface area contributed by atoms with Crippen molar-refractivity contribution in [1.82, 2.24) is 9.38 Å². The van der Waals surface area contributed by atoms with E-state index in [4.69, 9.17) is 5.11 Å². The van der Waals surface area contributed by atoms with Crippen LogP contribution in [-0.4, -0.2) is 20.5 Å². The summed E-state index contributed by atoms with van der Waals surface area (Å²) < 4.78 is 13.8. The van der Waals surface area contributed by atoms with Crippen molar-refractivity contribution in [2.75, 3.05) is 0 Å². The van der Waals surface area contributed by atoms with Crippen LogP contribution in [-0.2, 0) is 0 Å². The molecule has 0 bridgehead atoms. The van der Waals surface area contributed by atoms with E-state index in [2.05, 4.69) is 4.98 Å². The minimum Gasteiger partial charge on any atom is -0.477 e. The van der Waals surface area contributed by atoms with E-state index in [0.717, 1.165) is 17.5 Å². The normalized spacial score (nSPS) is 10.8. The summed E-state index contributed by atoms with van der Waals surface area (Å²) in [5.41, 5.74) is -0.0230. The van der Waals surface area contributed by atoms with Gasteiger partial charge in [0.2, 0.25) is 0 Å². The molecule has 2 aromatic rings. The molecule has 1 N–H and O–H groups in total. The Bertz CT molecular complexity index is 447. The third kappa shape index (κ3) is 0.884. The summed E-state index contributed by atoms with van der Waals surface area (Å²) in [5.74, 6) is -1.11.